The molecule has 1 heteroatoms. The molecule has 0 bridgehead atoms. The van der Waals surface area contributed by atoms with Crippen molar-refractivity contribution < 1.29 is 0 Å². The average Bonchev–Trinajstić information content (AvgIpc) is 2.61. The second-order valence-corrected chi connectivity index (χ2v) is 22.0. The van der Waals surface area contributed by atoms with Crippen LogP contribution in [0.1, 0.15) is 97.8 Å². The molecule has 0 aromatic rings. The van der Waals surface area contributed by atoms with Gasteiger partial charge in [-0.05, 0) is 0 Å². The fraction of sp³-hybridized carbons (Fsp3) is 0.909. The van der Waals surface area contributed by atoms with E-state index in [1.807, 2.05) is 0 Å². The Morgan fingerprint density at radius 1 is 0.826 bits per heavy atom. The molecule has 1 fully saturated rings. The number of hydrogen-bond donors (Lipinski definition) is 0. The molecule has 0 aromatic heterocycles. The van der Waals surface area contributed by atoms with Gasteiger partial charge >= 0.3 is 151 Å². The van der Waals surface area contributed by atoms with Crippen LogP contribution >= 0.6 is 0 Å². The van der Waals surface area contributed by atoms with Gasteiger partial charge in [0.05, 0.1) is 0 Å². The fourth-order valence-electron chi connectivity index (χ4n) is 5.34. The SMILES string of the molecule is CCC[CH2][Sn]([CH2]CCC)([CH2]CCC)[C]1=C[C@@H]2CCCC[C@H]2CC1. The molecule has 0 nitrogen and oxygen atoms in total. The van der Waals surface area contributed by atoms with E-state index >= 15 is 0 Å². The van der Waals surface area contributed by atoms with E-state index in [1.54, 1.807) is 19.7 Å². The van der Waals surface area contributed by atoms with Crippen molar-refractivity contribution in [2.75, 3.05) is 0 Å². The summed E-state index contributed by atoms with van der Waals surface area (Å²) in [5.74, 6) is 2.06. The minimum atomic E-state index is -2.07. The summed E-state index contributed by atoms with van der Waals surface area (Å²) in [7, 11) is 0. The Bertz CT molecular complexity index is 335. The van der Waals surface area contributed by atoms with Gasteiger partial charge in [0.2, 0.25) is 0 Å². The summed E-state index contributed by atoms with van der Waals surface area (Å²) in [6.45, 7) is 7.22. The predicted octanol–water partition coefficient (Wildman–Crippen LogP) is 7.90. The standard InChI is InChI=1S/C10H15.3C4H9.Sn/c1-2-6-10-8-4-3-7-9(10)5-1;3*1-3-4-2;/h8-10H,1-3,5-7H2;3*1,3-4H2,2H3;/t9-,10-;;;;/m0..../s1. The predicted molar refractivity (Wildman–Crippen MR) is 108 cm³/mol. The first kappa shape index (κ1) is 19.9. The Morgan fingerprint density at radius 3 is 1.96 bits per heavy atom. The molecule has 0 N–H and O–H groups in total. The molecule has 0 saturated heterocycles. The van der Waals surface area contributed by atoms with Crippen LogP contribution in [0.5, 0.6) is 0 Å². The van der Waals surface area contributed by atoms with Crippen molar-refractivity contribution in [3.63, 3.8) is 0 Å². The minimum absolute atomic E-state index is 0.994. The molecule has 0 amide bonds. The monoisotopic (exact) mass is 426 g/mol. The second kappa shape index (κ2) is 10.5. The summed E-state index contributed by atoms with van der Waals surface area (Å²) >= 11 is -2.07. The maximum atomic E-state index is 2.92. The van der Waals surface area contributed by atoms with Gasteiger partial charge in [0.1, 0.15) is 0 Å². The number of hydrogen-bond acceptors (Lipinski definition) is 0. The van der Waals surface area contributed by atoms with Crippen LogP contribution in [0, 0.1) is 11.8 Å². The van der Waals surface area contributed by atoms with Gasteiger partial charge < -0.3 is 0 Å². The molecule has 0 radical (unpaired) electrons. The summed E-state index contributed by atoms with van der Waals surface area (Å²) in [4.78, 5) is 0. The Balaban J connectivity index is 2.19. The van der Waals surface area contributed by atoms with Crippen molar-refractivity contribution in [2.45, 2.75) is 111 Å². The summed E-state index contributed by atoms with van der Waals surface area (Å²) in [6.07, 6.45) is 20.9. The van der Waals surface area contributed by atoms with Gasteiger partial charge in [-0.3, -0.25) is 0 Å². The van der Waals surface area contributed by atoms with Gasteiger partial charge in [-0.15, -0.1) is 0 Å². The molecule has 23 heavy (non-hydrogen) atoms. The zero-order chi connectivity index (χ0) is 16.5. The first-order valence-corrected chi connectivity index (χ1v) is 18.4. The molecule has 0 spiro atoms. The van der Waals surface area contributed by atoms with Crippen LogP contribution in [0.3, 0.4) is 0 Å². The molecular formula is C22H42Sn. The van der Waals surface area contributed by atoms with E-state index in [1.165, 1.54) is 70.6 Å². The molecule has 0 aromatic carbocycles. The molecule has 0 unspecified atom stereocenters. The second-order valence-electron chi connectivity index (χ2n) is 8.53. The number of unbranched alkanes of at least 4 members (excludes halogenated alkanes) is 3. The third kappa shape index (κ3) is 5.51. The normalized spacial score (nSPS) is 25.1. The molecule has 0 aliphatic heterocycles. The van der Waals surface area contributed by atoms with Crippen molar-refractivity contribution in [3.8, 4) is 0 Å². The Kier molecular flexibility index (Phi) is 9.08. The van der Waals surface area contributed by atoms with Crippen molar-refractivity contribution >= 4 is 18.4 Å². The van der Waals surface area contributed by atoms with Crippen LogP contribution in [-0.4, -0.2) is 18.4 Å². The third-order valence-corrected chi connectivity index (χ3v) is 23.2. The number of fused-ring (bicyclic) bond motifs is 1. The Labute approximate surface area is 150 Å². The first-order valence-electron chi connectivity index (χ1n) is 11.0. The van der Waals surface area contributed by atoms with Crippen LogP contribution in [0.15, 0.2) is 9.67 Å². The van der Waals surface area contributed by atoms with E-state index in [0.717, 1.165) is 11.8 Å². The van der Waals surface area contributed by atoms with E-state index in [9.17, 15) is 0 Å². The van der Waals surface area contributed by atoms with Gasteiger partial charge in [0.15, 0.2) is 0 Å². The van der Waals surface area contributed by atoms with E-state index in [4.69, 9.17) is 0 Å². The third-order valence-electron chi connectivity index (χ3n) is 6.88. The summed E-state index contributed by atoms with van der Waals surface area (Å²) in [5.41, 5.74) is 0. The van der Waals surface area contributed by atoms with Crippen LogP contribution < -0.4 is 0 Å². The summed E-state index contributed by atoms with van der Waals surface area (Å²) in [6, 6.07) is 0. The van der Waals surface area contributed by atoms with E-state index in [0.29, 0.717) is 0 Å². The topological polar surface area (TPSA) is 0 Å². The molecule has 2 atom stereocenters. The van der Waals surface area contributed by atoms with Crippen LogP contribution in [0.2, 0.25) is 13.3 Å². The molecular weight excluding hydrogens is 383 g/mol. The van der Waals surface area contributed by atoms with Crippen LogP contribution in [-0.2, 0) is 0 Å². The van der Waals surface area contributed by atoms with E-state index in [2.05, 4.69) is 30.4 Å². The van der Waals surface area contributed by atoms with Crippen LogP contribution in [0.4, 0.5) is 0 Å². The molecule has 2 aliphatic carbocycles. The fourth-order valence-corrected chi connectivity index (χ4v) is 22.6. The van der Waals surface area contributed by atoms with Gasteiger partial charge in [-0.25, -0.2) is 0 Å². The van der Waals surface area contributed by atoms with Crippen molar-refractivity contribution in [3.05, 3.63) is 9.67 Å². The zero-order valence-corrected chi connectivity index (χ0v) is 19.2. The quantitative estimate of drug-likeness (QED) is 0.312. The van der Waals surface area contributed by atoms with E-state index in [-0.39, 0.29) is 0 Å². The van der Waals surface area contributed by atoms with Crippen LogP contribution in [0.25, 0.3) is 0 Å². The summed E-state index contributed by atoms with van der Waals surface area (Å²) < 4.78 is 7.15. The Hall–Kier alpha value is 0.539. The molecule has 0 heterocycles. The Morgan fingerprint density at radius 2 is 1.39 bits per heavy atom. The molecule has 1 saturated carbocycles. The summed E-state index contributed by atoms with van der Waals surface area (Å²) in [5, 5.41) is 0. The van der Waals surface area contributed by atoms with E-state index < -0.39 is 18.4 Å². The molecule has 134 valence electrons. The van der Waals surface area contributed by atoms with Crippen molar-refractivity contribution in [1.29, 1.82) is 0 Å². The molecule has 2 aliphatic rings. The molecule has 2 rings (SSSR count). The zero-order valence-electron chi connectivity index (χ0n) is 16.3. The maximum absolute atomic E-state index is 2.92. The first-order chi connectivity index (χ1) is 11.3. The van der Waals surface area contributed by atoms with Gasteiger partial charge in [-0.1, -0.05) is 0 Å². The number of rotatable bonds is 10. The average molecular weight is 425 g/mol. The van der Waals surface area contributed by atoms with Crippen molar-refractivity contribution in [2.24, 2.45) is 11.8 Å². The number of allylic oxidation sites excluding steroid dienone is 2. The van der Waals surface area contributed by atoms with Gasteiger partial charge in [0, 0.05) is 0 Å². The van der Waals surface area contributed by atoms with Gasteiger partial charge in [-0.2, -0.15) is 0 Å². The van der Waals surface area contributed by atoms with Crippen molar-refractivity contribution in [1.82, 2.24) is 0 Å². The van der Waals surface area contributed by atoms with Gasteiger partial charge in [0.25, 0.3) is 0 Å².